The molecule has 0 radical (unpaired) electrons. The van der Waals surface area contributed by atoms with Gasteiger partial charge in [0, 0.05) is 11.4 Å². The standard InChI is InChI=1S/C16H18N2O4S/c1-23-14-7-3-2-5-11(14)18-16(21)15(20)17-9-8-12(19)13-6-4-10-22-13/h2-7,10,12,19H,8-9H2,1H3,(H,17,20)(H,18,21). The Morgan fingerprint density at radius 3 is 2.70 bits per heavy atom. The fourth-order valence-corrected chi connectivity index (χ4v) is 2.51. The highest BCUT2D eigenvalue weighted by atomic mass is 32.2. The van der Waals surface area contributed by atoms with E-state index in [9.17, 15) is 14.7 Å². The van der Waals surface area contributed by atoms with E-state index in [1.165, 1.54) is 18.0 Å². The van der Waals surface area contributed by atoms with Crippen molar-refractivity contribution < 1.29 is 19.1 Å². The molecule has 0 bridgehead atoms. The first-order valence-electron chi connectivity index (χ1n) is 7.05. The first-order valence-corrected chi connectivity index (χ1v) is 8.28. The van der Waals surface area contributed by atoms with Crippen LogP contribution >= 0.6 is 11.8 Å². The Balaban J connectivity index is 1.80. The molecular weight excluding hydrogens is 316 g/mol. The topological polar surface area (TPSA) is 91.6 Å². The highest BCUT2D eigenvalue weighted by Gasteiger charge is 2.16. The number of carbonyl (C=O) groups is 2. The van der Waals surface area contributed by atoms with Crippen molar-refractivity contribution >= 4 is 29.3 Å². The Bertz CT molecular complexity index is 658. The lowest BCUT2D eigenvalue weighted by atomic mass is 10.2. The van der Waals surface area contributed by atoms with Crippen LogP contribution in [0.3, 0.4) is 0 Å². The van der Waals surface area contributed by atoms with Gasteiger partial charge in [0.1, 0.15) is 11.9 Å². The second-order valence-corrected chi connectivity index (χ2v) is 5.58. The van der Waals surface area contributed by atoms with E-state index in [1.54, 1.807) is 24.3 Å². The van der Waals surface area contributed by atoms with Crippen LogP contribution in [-0.2, 0) is 9.59 Å². The summed E-state index contributed by atoms with van der Waals surface area (Å²) in [5.41, 5.74) is 0.593. The highest BCUT2D eigenvalue weighted by Crippen LogP contribution is 2.24. The molecule has 1 heterocycles. The zero-order valence-corrected chi connectivity index (χ0v) is 13.4. The van der Waals surface area contributed by atoms with Gasteiger partial charge in [-0.25, -0.2) is 0 Å². The number of para-hydroxylation sites is 1. The fraction of sp³-hybridized carbons (Fsp3) is 0.250. The van der Waals surface area contributed by atoms with Crippen molar-refractivity contribution in [3.8, 4) is 0 Å². The predicted octanol–water partition coefficient (Wildman–Crippen LogP) is 2.18. The van der Waals surface area contributed by atoms with Crippen molar-refractivity contribution in [2.24, 2.45) is 0 Å². The third-order valence-electron chi connectivity index (χ3n) is 3.14. The van der Waals surface area contributed by atoms with E-state index in [0.29, 0.717) is 11.4 Å². The number of hydrogen-bond donors (Lipinski definition) is 3. The molecule has 7 heteroatoms. The van der Waals surface area contributed by atoms with Crippen LogP contribution in [0.5, 0.6) is 0 Å². The van der Waals surface area contributed by atoms with Crippen molar-refractivity contribution in [3.63, 3.8) is 0 Å². The Morgan fingerprint density at radius 1 is 1.22 bits per heavy atom. The lowest BCUT2D eigenvalue weighted by molar-refractivity contribution is -0.136. The maximum absolute atomic E-state index is 11.9. The molecule has 2 amide bonds. The summed E-state index contributed by atoms with van der Waals surface area (Å²) in [7, 11) is 0. The molecular formula is C16H18N2O4S. The lowest BCUT2D eigenvalue weighted by Gasteiger charge is -2.10. The first-order chi connectivity index (χ1) is 11.1. The fourth-order valence-electron chi connectivity index (χ4n) is 1.95. The number of hydrogen-bond acceptors (Lipinski definition) is 5. The van der Waals surface area contributed by atoms with Crippen LogP contribution in [0.4, 0.5) is 5.69 Å². The molecule has 6 nitrogen and oxygen atoms in total. The number of anilines is 1. The van der Waals surface area contributed by atoms with Crippen LogP contribution in [0.2, 0.25) is 0 Å². The van der Waals surface area contributed by atoms with E-state index in [2.05, 4.69) is 10.6 Å². The summed E-state index contributed by atoms with van der Waals surface area (Å²) in [4.78, 5) is 24.5. The Hall–Kier alpha value is -2.25. The number of nitrogens with one attached hydrogen (secondary N) is 2. The van der Waals surface area contributed by atoms with Crippen molar-refractivity contribution in [1.29, 1.82) is 0 Å². The molecule has 1 unspecified atom stereocenters. The molecule has 0 aliphatic heterocycles. The second kappa shape index (κ2) is 8.40. The van der Waals surface area contributed by atoms with E-state index in [1.807, 2.05) is 18.4 Å². The summed E-state index contributed by atoms with van der Waals surface area (Å²) < 4.78 is 5.06. The van der Waals surface area contributed by atoms with Crippen LogP contribution in [-0.4, -0.2) is 29.7 Å². The van der Waals surface area contributed by atoms with Gasteiger partial charge in [-0.05, 0) is 36.9 Å². The van der Waals surface area contributed by atoms with Crippen LogP contribution < -0.4 is 10.6 Å². The number of rotatable bonds is 6. The summed E-state index contributed by atoms with van der Waals surface area (Å²) in [5, 5.41) is 14.9. The van der Waals surface area contributed by atoms with Crippen molar-refractivity contribution in [3.05, 3.63) is 48.4 Å². The van der Waals surface area contributed by atoms with E-state index >= 15 is 0 Å². The molecule has 23 heavy (non-hydrogen) atoms. The average molecular weight is 334 g/mol. The minimum atomic E-state index is -0.814. The number of furan rings is 1. The van der Waals surface area contributed by atoms with Crippen LogP contribution in [0, 0.1) is 0 Å². The SMILES string of the molecule is CSc1ccccc1NC(=O)C(=O)NCCC(O)c1ccco1. The van der Waals surface area contributed by atoms with Gasteiger partial charge in [0.25, 0.3) is 0 Å². The van der Waals surface area contributed by atoms with Crippen molar-refractivity contribution in [1.82, 2.24) is 5.32 Å². The molecule has 1 aromatic carbocycles. The summed E-state index contributed by atoms with van der Waals surface area (Å²) >= 11 is 1.48. The molecule has 0 fully saturated rings. The van der Waals surface area contributed by atoms with Gasteiger partial charge in [0.2, 0.25) is 0 Å². The number of aliphatic hydroxyl groups excluding tert-OH is 1. The zero-order chi connectivity index (χ0) is 16.7. The molecule has 0 saturated heterocycles. The van der Waals surface area contributed by atoms with Crippen molar-refractivity contribution in [2.75, 3.05) is 18.1 Å². The third kappa shape index (κ3) is 4.87. The van der Waals surface area contributed by atoms with Crippen LogP contribution in [0.15, 0.2) is 52.0 Å². The van der Waals surface area contributed by atoms with Gasteiger partial charge in [0.15, 0.2) is 0 Å². The number of carbonyl (C=O) groups excluding carboxylic acids is 2. The first kappa shape index (κ1) is 17.1. The number of aliphatic hydroxyl groups is 1. The molecule has 1 atom stereocenters. The maximum Gasteiger partial charge on any atom is 0.313 e. The minimum absolute atomic E-state index is 0.165. The molecule has 1 aromatic heterocycles. The molecule has 2 rings (SSSR count). The van der Waals surface area contributed by atoms with Crippen molar-refractivity contribution in [2.45, 2.75) is 17.4 Å². The smallest absolute Gasteiger partial charge is 0.313 e. The molecule has 3 N–H and O–H groups in total. The highest BCUT2D eigenvalue weighted by molar-refractivity contribution is 7.98. The van der Waals surface area contributed by atoms with Gasteiger partial charge in [-0.3, -0.25) is 9.59 Å². The van der Waals surface area contributed by atoms with Gasteiger partial charge >= 0.3 is 11.8 Å². The van der Waals surface area contributed by atoms with E-state index in [-0.39, 0.29) is 13.0 Å². The van der Waals surface area contributed by atoms with Crippen LogP contribution in [0.1, 0.15) is 18.3 Å². The minimum Gasteiger partial charge on any atom is -0.467 e. The summed E-state index contributed by atoms with van der Waals surface area (Å²) in [5.74, 6) is -1.05. The van der Waals surface area contributed by atoms with Gasteiger partial charge < -0.3 is 20.2 Å². The molecule has 122 valence electrons. The summed E-state index contributed by atoms with van der Waals surface area (Å²) in [6.45, 7) is 0.165. The maximum atomic E-state index is 11.9. The van der Waals surface area contributed by atoms with E-state index in [4.69, 9.17) is 4.42 Å². The lowest BCUT2D eigenvalue weighted by Crippen LogP contribution is -2.36. The van der Waals surface area contributed by atoms with Gasteiger partial charge in [-0.1, -0.05) is 12.1 Å². The Kier molecular flexibility index (Phi) is 6.25. The largest absolute Gasteiger partial charge is 0.467 e. The number of thioether (sulfide) groups is 1. The number of amides is 2. The second-order valence-electron chi connectivity index (χ2n) is 4.73. The van der Waals surface area contributed by atoms with E-state index in [0.717, 1.165) is 4.90 Å². The quantitative estimate of drug-likeness (QED) is 0.556. The van der Waals surface area contributed by atoms with E-state index < -0.39 is 17.9 Å². The van der Waals surface area contributed by atoms with Gasteiger partial charge in [-0.15, -0.1) is 11.8 Å². The average Bonchev–Trinajstić information content (AvgIpc) is 3.09. The molecule has 0 aliphatic rings. The normalized spacial score (nSPS) is 11.7. The molecule has 2 aromatic rings. The molecule has 0 aliphatic carbocycles. The Morgan fingerprint density at radius 2 is 2.00 bits per heavy atom. The Labute approximate surface area is 138 Å². The summed E-state index contributed by atoms with van der Waals surface area (Å²) in [6.07, 6.45) is 2.80. The van der Waals surface area contributed by atoms with Gasteiger partial charge in [-0.2, -0.15) is 0 Å². The third-order valence-corrected chi connectivity index (χ3v) is 3.93. The molecule has 0 spiro atoms. The van der Waals surface area contributed by atoms with Gasteiger partial charge in [0.05, 0.1) is 12.0 Å². The predicted molar refractivity (Wildman–Crippen MR) is 88.1 cm³/mol. The monoisotopic (exact) mass is 334 g/mol. The molecule has 0 saturated carbocycles. The zero-order valence-electron chi connectivity index (χ0n) is 12.6. The van der Waals surface area contributed by atoms with Crippen LogP contribution in [0.25, 0.3) is 0 Å². The number of benzene rings is 1. The summed E-state index contributed by atoms with van der Waals surface area (Å²) in [6, 6.07) is 10.6.